The summed E-state index contributed by atoms with van der Waals surface area (Å²) in [5.74, 6) is -0.474. The van der Waals surface area contributed by atoms with Crippen LogP contribution < -0.4 is 5.32 Å². The number of rotatable bonds is 5. The highest BCUT2D eigenvalue weighted by Gasteiger charge is 2.17. The lowest BCUT2D eigenvalue weighted by Gasteiger charge is -2.14. The van der Waals surface area contributed by atoms with Gasteiger partial charge in [0.2, 0.25) is 0 Å². The van der Waals surface area contributed by atoms with Gasteiger partial charge in [0, 0.05) is 6.20 Å². The summed E-state index contributed by atoms with van der Waals surface area (Å²) in [5.41, 5.74) is 0. The average Bonchev–Trinajstić information content (AvgIpc) is 2.20. The van der Waals surface area contributed by atoms with Crippen LogP contribution in [0.15, 0.2) is 18.3 Å². The van der Waals surface area contributed by atoms with Crippen molar-refractivity contribution >= 4 is 23.4 Å². The number of carboxylic acids is 1. The first-order valence-electron chi connectivity index (χ1n) is 4.75. The number of carboxylic acid groups (broad SMARTS) is 1. The van der Waals surface area contributed by atoms with Crippen molar-refractivity contribution < 1.29 is 9.90 Å². The van der Waals surface area contributed by atoms with Crippen molar-refractivity contribution in [1.29, 1.82) is 0 Å². The van der Waals surface area contributed by atoms with Crippen molar-refractivity contribution in [1.82, 2.24) is 4.98 Å². The van der Waals surface area contributed by atoms with Crippen LogP contribution in [0.5, 0.6) is 0 Å². The highest BCUT2D eigenvalue weighted by atomic mass is 35.5. The van der Waals surface area contributed by atoms with Crippen LogP contribution >= 0.6 is 11.6 Å². The van der Waals surface area contributed by atoms with E-state index in [0.29, 0.717) is 17.3 Å². The molecule has 1 heterocycles. The van der Waals surface area contributed by atoms with Gasteiger partial charge in [0.15, 0.2) is 0 Å². The minimum absolute atomic E-state index is 0.417. The molecule has 0 fully saturated rings. The second kappa shape index (κ2) is 5.56. The van der Waals surface area contributed by atoms with Gasteiger partial charge in [-0.2, -0.15) is 0 Å². The summed E-state index contributed by atoms with van der Waals surface area (Å²) in [6.45, 7) is 1.93. The lowest BCUT2D eigenvalue weighted by atomic mass is 10.2. The number of nitrogens with one attached hydrogen (secondary N) is 1. The standard InChI is InChI=1S/C10H13ClN2O2/c1-2-4-8(10(14)15)13-9-7(11)5-3-6-12-9/h3,5-6,8H,2,4H2,1H3,(H,12,13)(H,14,15). The molecule has 0 aliphatic heterocycles. The second-order valence-electron chi connectivity index (χ2n) is 3.16. The van der Waals surface area contributed by atoms with Gasteiger partial charge in [-0.3, -0.25) is 0 Å². The van der Waals surface area contributed by atoms with Crippen LogP contribution in [0.3, 0.4) is 0 Å². The summed E-state index contributed by atoms with van der Waals surface area (Å²) in [6.07, 6.45) is 2.90. The molecule has 0 spiro atoms. The number of anilines is 1. The lowest BCUT2D eigenvalue weighted by Crippen LogP contribution is -2.29. The largest absolute Gasteiger partial charge is 0.480 e. The molecule has 1 rings (SSSR count). The van der Waals surface area contributed by atoms with E-state index in [4.69, 9.17) is 16.7 Å². The Morgan fingerprint density at radius 1 is 1.73 bits per heavy atom. The summed E-state index contributed by atoms with van der Waals surface area (Å²) in [4.78, 5) is 14.8. The maximum atomic E-state index is 10.9. The Balaban J connectivity index is 2.74. The molecule has 5 heteroatoms. The van der Waals surface area contributed by atoms with E-state index in [1.165, 1.54) is 0 Å². The molecule has 0 bridgehead atoms. The smallest absolute Gasteiger partial charge is 0.326 e. The zero-order chi connectivity index (χ0) is 11.3. The van der Waals surface area contributed by atoms with Crippen molar-refractivity contribution in [3.63, 3.8) is 0 Å². The van der Waals surface area contributed by atoms with E-state index in [9.17, 15) is 4.79 Å². The fourth-order valence-electron chi connectivity index (χ4n) is 1.20. The van der Waals surface area contributed by atoms with Gasteiger partial charge in [-0.15, -0.1) is 0 Å². The van der Waals surface area contributed by atoms with Gasteiger partial charge in [0.25, 0.3) is 0 Å². The molecule has 0 aliphatic carbocycles. The van der Waals surface area contributed by atoms with Gasteiger partial charge in [0.1, 0.15) is 11.9 Å². The van der Waals surface area contributed by atoms with Crippen molar-refractivity contribution in [2.45, 2.75) is 25.8 Å². The molecule has 0 saturated heterocycles. The number of halogens is 1. The topological polar surface area (TPSA) is 62.2 Å². The Kier molecular flexibility index (Phi) is 4.37. The van der Waals surface area contributed by atoms with Gasteiger partial charge >= 0.3 is 5.97 Å². The normalized spacial score (nSPS) is 12.1. The van der Waals surface area contributed by atoms with Crippen molar-refractivity contribution in [3.05, 3.63) is 23.4 Å². The molecular formula is C10H13ClN2O2. The van der Waals surface area contributed by atoms with E-state index in [-0.39, 0.29) is 0 Å². The van der Waals surface area contributed by atoms with Crippen LogP contribution in [-0.4, -0.2) is 22.1 Å². The summed E-state index contributed by atoms with van der Waals surface area (Å²) in [6, 6.07) is 2.73. The molecule has 0 aromatic carbocycles. The molecule has 1 aromatic rings. The van der Waals surface area contributed by atoms with Crippen LogP contribution in [0.2, 0.25) is 5.02 Å². The molecule has 0 saturated carbocycles. The van der Waals surface area contributed by atoms with E-state index < -0.39 is 12.0 Å². The van der Waals surface area contributed by atoms with Crippen LogP contribution in [0, 0.1) is 0 Å². The third kappa shape index (κ3) is 3.40. The SMILES string of the molecule is CCCC(Nc1ncccc1Cl)C(=O)O. The zero-order valence-electron chi connectivity index (χ0n) is 8.40. The summed E-state index contributed by atoms with van der Waals surface area (Å²) in [5, 5.41) is 12.2. The van der Waals surface area contributed by atoms with E-state index in [0.717, 1.165) is 6.42 Å². The summed E-state index contributed by atoms with van der Waals surface area (Å²) in [7, 11) is 0. The van der Waals surface area contributed by atoms with Crippen LogP contribution in [-0.2, 0) is 4.79 Å². The Hall–Kier alpha value is -1.29. The Bertz CT molecular complexity index is 344. The van der Waals surface area contributed by atoms with Crippen molar-refractivity contribution in [3.8, 4) is 0 Å². The van der Waals surface area contributed by atoms with E-state index in [2.05, 4.69) is 10.3 Å². The second-order valence-corrected chi connectivity index (χ2v) is 3.56. The summed E-state index contributed by atoms with van der Waals surface area (Å²) < 4.78 is 0. The van der Waals surface area contributed by atoms with Crippen LogP contribution in [0.25, 0.3) is 0 Å². The highest BCUT2D eigenvalue weighted by molar-refractivity contribution is 6.32. The molecule has 4 nitrogen and oxygen atoms in total. The number of aromatic nitrogens is 1. The number of nitrogens with zero attached hydrogens (tertiary/aromatic N) is 1. The minimum Gasteiger partial charge on any atom is -0.480 e. The monoisotopic (exact) mass is 228 g/mol. The minimum atomic E-state index is -0.890. The first kappa shape index (κ1) is 11.8. The molecule has 0 radical (unpaired) electrons. The molecule has 1 atom stereocenters. The zero-order valence-corrected chi connectivity index (χ0v) is 9.16. The molecule has 15 heavy (non-hydrogen) atoms. The van der Waals surface area contributed by atoms with Crippen molar-refractivity contribution in [2.75, 3.05) is 5.32 Å². The number of hydrogen-bond donors (Lipinski definition) is 2. The van der Waals surface area contributed by atoms with Crippen LogP contribution in [0.1, 0.15) is 19.8 Å². The summed E-state index contributed by atoms with van der Waals surface area (Å²) >= 11 is 5.86. The van der Waals surface area contributed by atoms with E-state index in [1.54, 1.807) is 18.3 Å². The first-order chi connectivity index (χ1) is 7.15. The quantitative estimate of drug-likeness (QED) is 0.813. The molecule has 0 aliphatic rings. The average molecular weight is 229 g/mol. The third-order valence-electron chi connectivity index (χ3n) is 1.94. The maximum absolute atomic E-state index is 10.9. The molecule has 0 amide bonds. The molecule has 1 aromatic heterocycles. The molecule has 1 unspecified atom stereocenters. The molecular weight excluding hydrogens is 216 g/mol. The van der Waals surface area contributed by atoms with E-state index in [1.807, 2.05) is 6.92 Å². The van der Waals surface area contributed by atoms with E-state index >= 15 is 0 Å². The molecule has 82 valence electrons. The number of hydrogen-bond acceptors (Lipinski definition) is 3. The highest BCUT2D eigenvalue weighted by Crippen LogP contribution is 2.19. The fourth-order valence-corrected chi connectivity index (χ4v) is 1.38. The van der Waals surface area contributed by atoms with Gasteiger partial charge in [0.05, 0.1) is 5.02 Å². The van der Waals surface area contributed by atoms with Crippen molar-refractivity contribution in [2.24, 2.45) is 0 Å². The Morgan fingerprint density at radius 3 is 3.00 bits per heavy atom. The van der Waals surface area contributed by atoms with Gasteiger partial charge in [-0.1, -0.05) is 24.9 Å². The number of aliphatic carboxylic acids is 1. The predicted octanol–water partition coefficient (Wildman–Crippen LogP) is 2.40. The van der Waals surface area contributed by atoms with Gasteiger partial charge in [-0.25, -0.2) is 9.78 Å². The number of pyridine rings is 1. The van der Waals surface area contributed by atoms with Gasteiger partial charge < -0.3 is 10.4 Å². The Morgan fingerprint density at radius 2 is 2.47 bits per heavy atom. The maximum Gasteiger partial charge on any atom is 0.326 e. The predicted molar refractivity (Wildman–Crippen MR) is 59.2 cm³/mol. The van der Waals surface area contributed by atoms with Crippen LogP contribution in [0.4, 0.5) is 5.82 Å². The number of carbonyl (C=O) groups is 1. The third-order valence-corrected chi connectivity index (χ3v) is 2.25. The lowest BCUT2D eigenvalue weighted by molar-refractivity contribution is -0.138. The van der Waals surface area contributed by atoms with Gasteiger partial charge in [-0.05, 0) is 18.6 Å². The first-order valence-corrected chi connectivity index (χ1v) is 5.12. The fraction of sp³-hybridized carbons (Fsp3) is 0.400. The Labute approximate surface area is 93.3 Å². The molecule has 2 N–H and O–H groups in total.